The van der Waals surface area contributed by atoms with Crippen molar-refractivity contribution >= 4 is 57.4 Å². The summed E-state index contributed by atoms with van der Waals surface area (Å²) in [5.41, 5.74) is 2.37. The third-order valence-electron chi connectivity index (χ3n) is 6.69. The molecule has 1 aliphatic rings. The average Bonchev–Trinajstić information content (AvgIpc) is 3.17. The summed E-state index contributed by atoms with van der Waals surface area (Å²) >= 11 is 12.3. The topological polar surface area (TPSA) is 69.7 Å². The van der Waals surface area contributed by atoms with Crippen LogP contribution in [-0.2, 0) is 16.1 Å². The zero-order valence-electron chi connectivity index (χ0n) is 21.1. The molecule has 0 fully saturated rings. The van der Waals surface area contributed by atoms with E-state index in [9.17, 15) is 14.4 Å². The Hall–Kier alpha value is -3.09. The highest BCUT2D eigenvalue weighted by Gasteiger charge is 2.31. The Kier molecular flexibility index (Phi) is 8.72. The highest BCUT2D eigenvalue weighted by molar-refractivity contribution is 6.42. The van der Waals surface area contributed by atoms with Gasteiger partial charge < -0.3 is 15.1 Å². The van der Waals surface area contributed by atoms with Gasteiger partial charge in [0.25, 0.3) is 5.91 Å². The molecule has 0 saturated carbocycles. The third-order valence-corrected chi connectivity index (χ3v) is 7.43. The molecular formula is C29H31Cl2N3O3. The van der Waals surface area contributed by atoms with E-state index < -0.39 is 6.04 Å². The highest BCUT2D eigenvalue weighted by Crippen LogP contribution is 2.37. The molecule has 1 aliphatic heterocycles. The molecule has 3 aromatic carbocycles. The van der Waals surface area contributed by atoms with Crippen LogP contribution in [0, 0.1) is 0 Å². The van der Waals surface area contributed by atoms with Crippen molar-refractivity contribution in [3.05, 3.63) is 75.8 Å². The fourth-order valence-electron chi connectivity index (χ4n) is 4.85. The molecule has 0 radical (unpaired) electrons. The summed E-state index contributed by atoms with van der Waals surface area (Å²) in [6, 6.07) is 16.2. The Morgan fingerprint density at radius 3 is 2.49 bits per heavy atom. The van der Waals surface area contributed by atoms with Gasteiger partial charge in [0, 0.05) is 37.0 Å². The zero-order chi connectivity index (χ0) is 26.5. The van der Waals surface area contributed by atoms with Gasteiger partial charge >= 0.3 is 0 Å². The monoisotopic (exact) mass is 539 g/mol. The van der Waals surface area contributed by atoms with Gasteiger partial charge in [0.15, 0.2) is 0 Å². The van der Waals surface area contributed by atoms with Gasteiger partial charge in [-0.25, -0.2) is 0 Å². The van der Waals surface area contributed by atoms with E-state index in [1.54, 1.807) is 21.9 Å². The summed E-state index contributed by atoms with van der Waals surface area (Å²) in [6.07, 6.45) is 1.96. The second-order valence-corrected chi connectivity index (χ2v) is 10.0. The molecule has 0 aromatic heterocycles. The normalized spacial score (nSPS) is 13.2. The standard InChI is InChI=1S/C29H31Cl2N3O3/c1-3-15-32-28(36)24(4-2)34(18-19-13-14-22(30)23(31)17-19)26(35)12-7-16-33-25-11-6-9-20-8-5-10-21(27(20)25)29(33)37/h5-6,8-11,13-14,17,24H,3-4,7,12,15-16,18H2,1-2H3,(H,32,36)/t24-/m0/s1. The lowest BCUT2D eigenvalue weighted by Gasteiger charge is -2.31. The maximum Gasteiger partial charge on any atom is 0.258 e. The predicted molar refractivity (Wildman–Crippen MR) is 149 cm³/mol. The molecule has 0 unspecified atom stereocenters. The fraction of sp³-hybridized carbons (Fsp3) is 0.345. The first-order chi connectivity index (χ1) is 17.8. The number of rotatable bonds is 11. The highest BCUT2D eigenvalue weighted by atomic mass is 35.5. The van der Waals surface area contributed by atoms with Gasteiger partial charge in [-0.2, -0.15) is 0 Å². The van der Waals surface area contributed by atoms with Crippen LogP contribution < -0.4 is 10.2 Å². The number of hydrogen-bond acceptors (Lipinski definition) is 3. The van der Waals surface area contributed by atoms with Gasteiger partial charge in [-0.05, 0) is 54.5 Å². The number of halogens is 2. The van der Waals surface area contributed by atoms with E-state index in [2.05, 4.69) is 5.32 Å². The van der Waals surface area contributed by atoms with E-state index in [1.165, 1.54) is 0 Å². The van der Waals surface area contributed by atoms with E-state index in [-0.39, 0.29) is 30.7 Å². The van der Waals surface area contributed by atoms with Crippen molar-refractivity contribution in [2.75, 3.05) is 18.0 Å². The van der Waals surface area contributed by atoms with Crippen molar-refractivity contribution in [1.29, 1.82) is 0 Å². The summed E-state index contributed by atoms with van der Waals surface area (Å²) in [5.74, 6) is -0.362. The van der Waals surface area contributed by atoms with Crippen LogP contribution in [0.15, 0.2) is 54.6 Å². The fourth-order valence-corrected chi connectivity index (χ4v) is 5.17. The Bertz CT molecular complexity index is 1320. The van der Waals surface area contributed by atoms with Gasteiger partial charge in [0.2, 0.25) is 11.8 Å². The first-order valence-electron chi connectivity index (χ1n) is 12.7. The number of benzene rings is 3. The summed E-state index contributed by atoms with van der Waals surface area (Å²) in [4.78, 5) is 42.9. The smallest absolute Gasteiger partial charge is 0.258 e. The molecule has 37 heavy (non-hydrogen) atoms. The molecule has 0 aliphatic carbocycles. The van der Waals surface area contributed by atoms with Crippen molar-refractivity contribution in [3.8, 4) is 0 Å². The molecule has 1 atom stereocenters. The van der Waals surface area contributed by atoms with E-state index in [1.807, 2.05) is 56.3 Å². The first-order valence-corrected chi connectivity index (χ1v) is 13.5. The van der Waals surface area contributed by atoms with Crippen molar-refractivity contribution in [2.45, 2.75) is 52.1 Å². The average molecular weight is 540 g/mol. The second-order valence-electron chi connectivity index (χ2n) is 9.23. The lowest BCUT2D eigenvalue weighted by Crippen LogP contribution is -2.49. The van der Waals surface area contributed by atoms with Crippen LogP contribution >= 0.6 is 23.2 Å². The number of nitrogens with one attached hydrogen (secondary N) is 1. The maximum atomic E-state index is 13.5. The van der Waals surface area contributed by atoms with Crippen LogP contribution in [0.25, 0.3) is 10.8 Å². The number of carbonyl (C=O) groups excluding carboxylic acids is 3. The Morgan fingerprint density at radius 1 is 1.03 bits per heavy atom. The number of carbonyl (C=O) groups is 3. The van der Waals surface area contributed by atoms with Gasteiger partial charge in [-0.1, -0.05) is 67.4 Å². The van der Waals surface area contributed by atoms with Crippen LogP contribution in [-0.4, -0.2) is 41.8 Å². The Labute approximate surface area is 227 Å². The maximum absolute atomic E-state index is 13.5. The number of amides is 3. The van der Waals surface area contributed by atoms with Crippen LogP contribution in [0.2, 0.25) is 10.0 Å². The molecule has 1 N–H and O–H groups in total. The van der Waals surface area contributed by atoms with Gasteiger partial charge in [-0.15, -0.1) is 0 Å². The van der Waals surface area contributed by atoms with Crippen LogP contribution in [0.1, 0.15) is 55.5 Å². The van der Waals surface area contributed by atoms with Gasteiger partial charge in [0.1, 0.15) is 6.04 Å². The summed E-state index contributed by atoms with van der Waals surface area (Å²) < 4.78 is 0. The molecule has 0 saturated heterocycles. The van der Waals surface area contributed by atoms with Crippen molar-refractivity contribution in [1.82, 2.24) is 10.2 Å². The SMILES string of the molecule is CCCNC(=O)[C@H](CC)N(Cc1ccc(Cl)c(Cl)c1)C(=O)CCCN1C(=O)c2cccc3cccc1c23. The number of nitrogens with zero attached hydrogens (tertiary/aromatic N) is 2. The first kappa shape index (κ1) is 27.0. The molecule has 0 bridgehead atoms. The molecule has 0 spiro atoms. The predicted octanol–water partition coefficient (Wildman–Crippen LogP) is 6.22. The minimum absolute atomic E-state index is 0.0442. The molecular weight excluding hydrogens is 509 g/mol. The van der Waals surface area contributed by atoms with Crippen LogP contribution in [0.3, 0.4) is 0 Å². The van der Waals surface area contributed by atoms with Crippen LogP contribution in [0.5, 0.6) is 0 Å². The molecule has 194 valence electrons. The lowest BCUT2D eigenvalue weighted by atomic mass is 10.1. The Balaban J connectivity index is 1.49. The minimum Gasteiger partial charge on any atom is -0.354 e. The molecule has 4 rings (SSSR count). The molecule has 3 aromatic rings. The molecule has 1 heterocycles. The molecule has 3 amide bonds. The van der Waals surface area contributed by atoms with Gasteiger partial charge in [0.05, 0.1) is 15.7 Å². The van der Waals surface area contributed by atoms with E-state index in [0.29, 0.717) is 41.5 Å². The van der Waals surface area contributed by atoms with Crippen molar-refractivity contribution in [2.24, 2.45) is 0 Å². The lowest BCUT2D eigenvalue weighted by molar-refractivity contribution is -0.141. The van der Waals surface area contributed by atoms with Crippen LogP contribution in [0.4, 0.5) is 5.69 Å². The minimum atomic E-state index is -0.611. The molecule has 8 heteroatoms. The quantitative estimate of drug-likeness (QED) is 0.314. The molecule has 6 nitrogen and oxygen atoms in total. The van der Waals surface area contributed by atoms with Crippen molar-refractivity contribution in [3.63, 3.8) is 0 Å². The van der Waals surface area contributed by atoms with E-state index in [0.717, 1.165) is 28.4 Å². The van der Waals surface area contributed by atoms with Crippen molar-refractivity contribution < 1.29 is 14.4 Å². The second kappa shape index (κ2) is 12.0. The van der Waals surface area contributed by atoms with E-state index >= 15 is 0 Å². The number of hydrogen-bond donors (Lipinski definition) is 1. The third kappa shape index (κ3) is 5.76. The summed E-state index contributed by atoms with van der Waals surface area (Å²) in [5, 5.41) is 5.74. The summed E-state index contributed by atoms with van der Waals surface area (Å²) in [6.45, 7) is 5.08. The Morgan fingerprint density at radius 2 is 1.78 bits per heavy atom. The zero-order valence-corrected chi connectivity index (χ0v) is 22.6. The summed E-state index contributed by atoms with van der Waals surface area (Å²) in [7, 11) is 0. The largest absolute Gasteiger partial charge is 0.354 e. The van der Waals surface area contributed by atoms with E-state index in [4.69, 9.17) is 23.2 Å². The van der Waals surface area contributed by atoms with Gasteiger partial charge in [-0.3, -0.25) is 14.4 Å². The number of anilines is 1.